The van der Waals surface area contributed by atoms with Crippen LogP contribution in [0.5, 0.6) is 5.75 Å². The minimum Gasteiger partial charge on any atom is -0.496 e. The van der Waals surface area contributed by atoms with Crippen molar-refractivity contribution in [3.8, 4) is 16.9 Å². The first-order chi connectivity index (χ1) is 15.4. The second-order valence-electron chi connectivity index (χ2n) is 8.65. The van der Waals surface area contributed by atoms with E-state index in [-0.39, 0.29) is 5.91 Å². The molecule has 0 fully saturated rings. The maximum Gasteiger partial charge on any atom is 0.257 e. The lowest BCUT2D eigenvalue weighted by molar-refractivity contribution is -0.110. The summed E-state index contributed by atoms with van der Waals surface area (Å²) in [7, 11) is 5.88. The number of amides is 1. The highest BCUT2D eigenvalue weighted by Crippen LogP contribution is 2.38. The molecule has 2 heterocycles. The third kappa shape index (κ3) is 4.21. The van der Waals surface area contributed by atoms with E-state index in [1.165, 1.54) is 16.8 Å². The lowest BCUT2D eigenvalue weighted by Crippen LogP contribution is -2.13. The molecule has 1 aromatic heterocycles. The van der Waals surface area contributed by atoms with Crippen LogP contribution < -0.4 is 10.1 Å². The molecule has 1 N–H and O–H groups in total. The van der Waals surface area contributed by atoms with E-state index in [1.807, 2.05) is 48.7 Å². The molecule has 0 aliphatic carbocycles. The molecule has 4 rings (SSSR count). The topological polar surface area (TPSA) is 46.5 Å². The number of fused-ring (bicyclic) bond motifs is 1. The Morgan fingerprint density at radius 1 is 1.09 bits per heavy atom. The van der Waals surface area contributed by atoms with Crippen LogP contribution in [0.4, 0.5) is 5.69 Å². The largest absolute Gasteiger partial charge is 0.496 e. The monoisotopic (exact) mass is 429 g/mol. The van der Waals surface area contributed by atoms with Gasteiger partial charge in [-0.05, 0) is 76.2 Å². The van der Waals surface area contributed by atoms with E-state index >= 15 is 0 Å². The normalized spacial score (nSPS) is 14.2. The van der Waals surface area contributed by atoms with Gasteiger partial charge in [0.15, 0.2) is 0 Å². The first-order valence-corrected chi connectivity index (χ1v) is 11.0. The van der Waals surface area contributed by atoms with E-state index in [2.05, 4.69) is 48.9 Å². The second kappa shape index (κ2) is 9.05. The Labute approximate surface area is 190 Å². The van der Waals surface area contributed by atoms with Crippen molar-refractivity contribution in [1.82, 2.24) is 9.47 Å². The van der Waals surface area contributed by atoms with Gasteiger partial charge >= 0.3 is 0 Å². The number of hydrogen-bond acceptors (Lipinski definition) is 3. The van der Waals surface area contributed by atoms with Crippen LogP contribution in [0, 0.1) is 13.8 Å². The van der Waals surface area contributed by atoms with Gasteiger partial charge in [0.1, 0.15) is 5.75 Å². The maximum absolute atomic E-state index is 12.8. The number of nitrogens with one attached hydrogen (secondary N) is 1. The summed E-state index contributed by atoms with van der Waals surface area (Å²) in [6.45, 7) is 5.35. The molecule has 32 heavy (non-hydrogen) atoms. The van der Waals surface area contributed by atoms with Crippen LogP contribution in [0.15, 0.2) is 48.7 Å². The Kier molecular flexibility index (Phi) is 6.19. The predicted octanol–water partition coefficient (Wildman–Crippen LogP) is 5.22. The minimum absolute atomic E-state index is 0.0721. The molecule has 5 heteroatoms. The number of aromatic nitrogens is 1. The summed E-state index contributed by atoms with van der Waals surface area (Å²) in [6, 6.07) is 14.0. The molecule has 2 aromatic carbocycles. The molecule has 166 valence electrons. The number of rotatable bonds is 7. The number of nitrogens with zero attached hydrogens (tertiary/aromatic N) is 2. The summed E-state index contributed by atoms with van der Waals surface area (Å²) in [4.78, 5) is 15.0. The SMILES string of the molecule is COc1ccccc1-c1ccc2c(c1)NC(=O)C2=Cn1cc(C)c(CCCN(C)C)c1C. The number of carbonyl (C=O) groups is 1. The molecular weight excluding hydrogens is 398 g/mol. The van der Waals surface area contributed by atoms with E-state index in [9.17, 15) is 4.79 Å². The number of hydrogen-bond donors (Lipinski definition) is 1. The average molecular weight is 430 g/mol. The molecule has 5 nitrogen and oxygen atoms in total. The quantitative estimate of drug-likeness (QED) is 0.524. The van der Waals surface area contributed by atoms with E-state index in [4.69, 9.17) is 4.74 Å². The highest BCUT2D eigenvalue weighted by atomic mass is 16.5. The van der Waals surface area contributed by atoms with Crippen molar-refractivity contribution in [3.63, 3.8) is 0 Å². The van der Waals surface area contributed by atoms with Crippen molar-refractivity contribution in [3.05, 3.63) is 71.0 Å². The summed E-state index contributed by atoms with van der Waals surface area (Å²) >= 11 is 0. The number of para-hydroxylation sites is 1. The summed E-state index contributed by atoms with van der Waals surface area (Å²) in [6.07, 6.45) is 6.24. The Morgan fingerprint density at radius 3 is 2.62 bits per heavy atom. The molecular formula is C27H31N3O2. The smallest absolute Gasteiger partial charge is 0.257 e. The van der Waals surface area contributed by atoms with Crippen molar-refractivity contribution in [2.75, 3.05) is 33.1 Å². The molecule has 1 aliphatic rings. The van der Waals surface area contributed by atoms with E-state index in [1.54, 1.807) is 7.11 Å². The number of methoxy groups -OCH3 is 1. The van der Waals surface area contributed by atoms with Crippen LogP contribution in [0.25, 0.3) is 22.9 Å². The summed E-state index contributed by atoms with van der Waals surface area (Å²) < 4.78 is 7.60. The highest BCUT2D eigenvalue weighted by molar-refractivity contribution is 6.34. The van der Waals surface area contributed by atoms with E-state index in [0.29, 0.717) is 5.57 Å². The molecule has 1 aliphatic heterocycles. The van der Waals surface area contributed by atoms with Crippen molar-refractivity contribution < 1.29 is 9.53 Å². The van der Waals surface area contributed by atoms with Crippen LogP contribution in [0.3, 0.4) is 0 Å². The van der Waals surface area contributed by atoms with Crippen molar-refractivity contribution >= 4 is 23.4 Å². The lowest BCUT2D eigenvalue weighted by Gasteiger charge is -2.10. The van der Waals surface area contributed by atoms with Crippen molar-refractivity contribution in [1.29, 1.82) is 0 Å². The van der Waals surface area contributed by atoms with Gasteiger partial charge in [-0.1, -0.05) is 30.3 Å². The van der Waals surface area contributed by atoms with Crippen LogP contribution in [0.2, 0.25) is 0 Å². The molecule has 0 saturated carbocycles. The van der Waals surface area contributed by atoms with Crippen LogP contribution in [-0.2, 0) is 11.2 Å². The molecule has 0 unspecified atom stereocenters. The Morgan fingerprint density at radius 2 is 1.88 bits per heavy atom. The van der Waals surface area contributed by atoms with Gasteiger partial charge in [-0.25, -0.2) is 0 Å². The fourth-order valence-corrected chi connectivity index (χ4v) is 4.42. The summed E-state index contributed by atoms with van der Waals surface area (Å²) in [5, 5.41) is 3.04. The molecule has 0 atom stereocenters. The van der Waals surface area contributed by atoms with Gasteiger partial charge < -0.3 is 19.5 Å². The fraction of sp³-hybridized carbons (Fsp3) is 0.296. The molecule has 3 aromatic rings. The number of ether oxygens (including phenoxy) is 1. The van der Waals surface area contributed by atoms with Crippen molar-refractivity contribution in [2.45, 2.75) is 26.7 Å². The third-order valence-electron chi connectivity index (χ3n) is 6.15. The van der Waals surface area contributed by atoms with Crippen LogP contribution >= 0.6 is 0 Å². The van der Waals surface area contributed by atoms with Crippen molar-refractivity contribution in [2.24, 2.45) is 0 Å². The average Bonchev–Trinajstić information content (AvgIpc) is 3.23. The Balaban J connectivity index is 1.65. The zero-order valence-electron chi connectivity index (χ0n) is 19.5. The zero-order chi connectivity index (χ0) is 22.8. The highest BCUT2D eigenvalue weighted by Gasteiger charge is 2.25. The molecule has 0 radical (unpaired) electrons. The predicted molar refractivity (Wildman–Crippen MR) is 132 cm³/mol. The van der Waals surface area contributed by atoms with Gasteiger partial charge in [0, 0.05) is 34.9 Å². The third-order valence-corrected chi connectivity index (χ3v) is 6.15. The lowest BCUT2D eigenvalue weighted by atomic mass is 10.00. The number of carbonyl (C=O) groups excluding carboxylic acids is 1. The first kappa shape index (κ1) is 21.9. The Hall–Kier alpha value is -3.31. The molecule has 0 saturated heterocycles. The van der Waals surface area contributed by atoms with E-state index < -0.39 is 0 Å². The minimum atomic E-state index is -0.0721. The Bertz CT molecular complexity index is 1190. The van der Waals surface area contributed by atoms with Gasteiger partial charge in [0.05, 0.1) is 12.7 Å². The number of anilines is 1. The molecule has 0 bridgehead atoms. The van der Waals surface area contributed by atoms with E-state index in [0.717, 1.165) is 47.5 Å². The summed E-state index contributed by atoms with van der Waals surface area (Å²) in [5.74, 6) is 0.741. The zero-order valence-corrected chi connectivity index (χ0v) is 19.5. The van der Waals surface area contributed by atoms with Crippen LogP contribution in [-0.4, -0.2) is 43.1 Å². The van der Waals surface area contributed by atoms with Gasteiger partial charge in [-0.3, -0.25) is 4.79 Å². The summed E-state index contributed by atoms with van der Waals surface area (Å²) in [5.41, 5.74) is 8.29. The second-order valence-corrected chi connectivity index (χ2v) is 8.65. The molecule has 1 amide bonds. The molecule has 0 spiro atoms. The van der Waals surface area contributed by atoms with Gasteiger partial charge in [0.25, 0.3) is 5.91 Å². The maximum atomic E-state index is 12.8. The fourth-order valence-electron chi connectivity index (χ4n) is 4.42. The van der Waals surface area contributed by atoms with Gasteiger partial charge in [-0.2, -0.15) is 0 Å². The standard InChI is InChI=1S/C27H31N3O2/c1-18-16-30(19(2)21(18)10-8-14-29(3)4)17-24-23-13-12-20(15-25(23)28-27(24)31)22-9-6-7-11-26(22)32-5/h6-7,9,11-13,15-17H,8,10,14H2,1-5H3,(H,28,31). The first-order valence-electron chi connectivity index (χ1n) is 11.0. The van der Waals surface area contributed by atoms with Gasteiger partial charge in [0.2, 0.25) is 0 Å². The number of benzene rings is 2. The van der Waals surface area contributed by atoms with Gasteiger partial charge in [-0.15, -0.1) is 0 Å². The number of aryl methyl sites for hydroxylation is 1. The van der Waals surface area contributed by atoms with Crippen LogP contribution in [0.1, 0.15) is 28.8 Å².